The first-order chi connectivity index (χ1) is 13.5. The van der Waals surface area contributed by atoms with Gasteiger partial charge in [-0.15, -0.1) is 0 Å². The summed E-state index contributed by atoms with van der Waals surface area (Å²) in [5.74, 6) is -0.832. The minimum absolute atomic E-state index is 0.0731. The summed E-state index contributed by atoms with van der Waals surface area (Å²) >= 11 is 0. The van der Waals surface area contributed by atoms with E-state index in [-0.39, 0.29) is 35.4 Å². The van der Waals surface area contributed by atoms with Crippen molar-refractivity contribution in [1.82, 2.24) is 15.8 Å². The molecule has 0 aliphatic carbocycles. The lowest BCUT2D eigenvalue weighted by atomic mass is 9.81. The number of carbonyl (C=O) groups is 1. The second-order valence-electron chi connectivity index (χ2n) is 7.36. The van der Waals surface area contributed by atoms with E-state index in [1.165, 1.54) is 12.1 Å². The number of halogens is 1. The Balaban J connectivity index is 1.49. The number of nitrogens with zero attached hydrogens (tertiary/aromatic N) is 1. The molecular formula is C20H22FN3O4. The van der Waals surface area contributed by atoms with Crippen molar-refractivity contribution < 1.29 is 18.7 Å². The number of hydrazine groups is 1. The lowest BCUT2D eigenvalue weighted by Crippen LogP contribution is -2.48. The molecular weight excluding hydrogens is 365 g/mol. The average molecular weight is 387 g/mol. The number of hydrogen-bond acceptors (Lipinski definition) is 6. The van der Waals surface area contributed by atoms with Gasteiger partial charge in [0, 0.05) is 37.7 Å². The minimum Gasteiger partial charge on any atom is -0.502 e. The van der Waals surface area contributed by atoms with Gasteiger partial charge in [0.2, 0.25) is 5.43 Å². The molecule has 4 rings (SSSR count). The van der Waals surface area contributed by atoms with E-state index < -0.39 is 11.2 Å². The highest BCUT2D eigenvalue weighted by Crippen LogP contribution is 2.32. The summed E-state index contributed by atoms with van der Waals surface area (Å²) in [6, 6.07) is 7.67. The maximum atomic E-state index is 13.3. The van der Waals surface area contributed by atoms with Crippen LogP contribution in [-0.2, 0) is 0 Å². The number of benzene rings is 1. The van der Waals surface area contributed by atoms with Crippen LogP contribution in [0.3, 0.4) is 0 Å². The molecule has 1 aromatic carbocycles. The van der Waals surface area contributed by atoms with Crippen LogP contribution in [0.5, 0.6) is 5.75 Å². The van der Waals surface area contributed by atoms with Gasteiger partial charge in [-0.05, 0) is 36.5 Å². The maximum Gasteiger partial charge on any atom is 0.289 e. The molecule has 0 radical (unpaired) electrons. The van der Waals surface area contributed by atoms with Gasteiger partial charge in [-0.25, -0.2) is 4.39 Å². The lowest BCUT2D eigenvalue weighted by Gasteiger charge is -2.37. The molecule has 2 aromatic rings. The van der Waals surface area contributed by atoms with E-state index >= 15 is 0 Å². The number of amides is 1. The molecule has 2 aliphatic heterocycles. The number of carbonyl (C=O) groups excluding carboxylic acids is 1. The quantitative estimate of drug-likeness (QED) is 0.741. The van der Waals surface area contributed by atoms with E-state index in [2.05, 4.69) is 10.9 Å². The fraction of sp³-hybridized carbons (Fsp3) is 0.400. The summed E-state index contributed by atoms with van der Waals surface area (Å²) in [5, 5.41) is 9.31. The molecule has 0 bridgehead atoms. The number of aromatic hydroxyl groups is 1. The van der Waals surface area contributed by atoms with E-state index in [0.717, 1.165) is 37.3 Å². The minimum atomic E-state index is -0.638. The molecule has 7 nitrogen and oxygen atoms in total. The van der Waals surface area contributed by atoms with Crippen LogP contribution in [0.25, 0.3) is 0 Å². The molecule has 3 heterocycles. The molecule has 1 aromatic heterocycles. The van der Waals surface area contributed by atoms with Crippen LogP contribution < -0.4 is 16.3 Å². The number of likely N-dealkylation sites (tertiary alicyclic amines) is 1. The van der Waals surface area contributed by atoms with Crippen molar-refractivity contribution in [3.05, 3.63) is 64.0 Å². The Morgan fingerprint density at radius 2 is 2.07 bits per heavy atom. The largest absolute Gasteiger partial charge is 0.502 e. The van der Waals surface area contributed by atoms with E-state index in [1.54, 1.807) is 17.0 Å². The lowest BCUT2D eigenvalue weighted by molar-refractivity contribution is 0.0609. The summed E-state index contributed by atoms with van der Waals surface area (Å²) in [7, 11) is 0. The Morgan fingerprint density at radius 1 is 1.29 bits per heavy atom. The van der Waals surface area contributed by atoms with Gasteiger partial charge < -0.3 is 14.4 Å². The summed E-state index contributed by atoms with van der Waals surface area (Å²) in [6.07, 6.45) is 2.69. The third kappa shape index (κ3) is 3.65. The van der Waals surface area contributed by atoms with Gasteiger partial charge in [-0.1, -0.05) is 12.1 Å². The molecule has 1 amide bonds. The second-order valence-corrected chi connectivity index (χ2v) is 7.36. The van der Waals surface area contributed by atoms with E-state index in [1.807, 2.05) is 0 Å². The predicted molar refractivity (Wildman–Crippen MR) is 99.3 cm³/mol. The van der Waals surface area contributed by atoms with Crippen molar-refractivity contribution in [2.45, 2.75) is 24.8 Å². The van der Waals surface area contributed by atoms with Crippen molar-refractivity contribution in [3.8, 4) is 5.75 Å². The first-order valence-corrected chi connectivity index (χ1v) is 9.38. The van der Waals surface area contributed by atoms with Gasteiger partial charge in [0.15, 0.2) is 11.5 Å². The van der Waals surface area contributed by atoms with Crippen LogP contribution >= 0.6 is 0 Å². The Bertz CT molecular complexity index is 914. The Hall–Kier alpha value is -2.71. The highest BCUT2D eigenvalue weighted by atomic mass is 19.1. The van der Waals surface area contributed by atoms with Gasteiger partial charge >= 0.3 is 0 Å². The number of rotatable bonds is 3. The first kappa shape index (κ1) is 18.6. The molecule has 2 aliphatic rings. The van der Waals surface area contributed by atoms with E-state index in [0.29, 0.717) is 13.1 Å². The average Bonchev–Trinajstić information content (AvgIpc) is 3.20. The van der Waals surface area contributed by atoms with Gasteiger partial charge in [0.1, 0.15) is 12.1 Å². The van der Waals surface area contributed by atoms with Crippen molar-refractivity contribution in [2.75, 3.05) is 19.6 Å². The van der Waals surface area contributed by atoms with Gasteiger partial charge in [-0.2, -0.15) is 0 Å². The van der Waals surface area contributed by atoms with E-state index in [9.17, 15) is 19.1 Å². The van der Waals surface area contributed by atoms with Gasteiger partial charge in [-0.3, -0.25) is 20.4 Å². The molecule has 2 saturated heterocycles. The standard InChI is InChI=1S/C20H22FN3O4/c21-14-5-3-12(4-6-14)15-9-22-23-19(15)13-2-1-7-24(10-13)20(27)18-8-16(25)17(26)11-28-18/h3-6,8,11,13,15,19,22-23,26H,1-2,7,9-10H2. The molecule has 148 valence electrons. The third-order valence-corrected chi connectivity index (χ3v) is 5.60. The van der Waals surface area contributed by atoms with Crippen molar-refractivity contribution in [2.24, 2.45) is 5.92 Å². The fourth-order valence-corrected chi connectivity index (χ4v) is 4.16. The monoisotopic (exact) mass is 387 g/mol. The molecule has 3 atom stereocenters. The Morgan fingerprint density at radius 3 is 2.82 bits per heavy atom. The van der Waals surface area contributed by atoms with Crippen LogP contribution in [0.1, 0.15) is 34.9 Å². The summed E-state index contributed by atoms with van der Waals surface area (Å²) < 4.78 is 18.4. The van der Waals surface area contributed by atoms with Crippen LogP contribution in [0.2, 0.25) is 0 Å². The zero-order valence-electron chi connectivity index (χ0n) is 15.2. The smallest absolute Gasteiger partial charge is 0.289 e. The number of nitrogens with one attached hydrogen (secondary N) is 2. The van der Waals surface area contributed by atoms with Crippen LogP contribution in [0.4, 0.5) is 4.39 Å². The first-order valence-electron chi connectivity index (χ1n) is 9.38. The highest BCUT2D eigenvalue weighted by molar-refractivity contribution is 5.91. The fourth-order valence-electron chi connectivity index (χ4n) is 4.16. The SMILES string of the molecule is O=C(c1cc(=O)c(O)co1)N1CCCC(C2NNCC2c2ccc(F)cc2)C1. The third-order valence-electron chi connectivity index (χ3n) is 5.60. The highest BCUT2D eigenvalue weighted by Gasteiger charge is 2.38. The molecule has 0 saturated carbocycles. The second kappa shape index (κ2) is 7.73. The normalized spacial score (nSPS) is 25.0. The van der Waals surface area contributed by atoms with Crippen LogP contribution in [0.15, 0.2) is 45.8 Å². The zero-order chi connectivity index (χ0) is 19.7. The van der Waals surface area contributed by atoms with Crippen molar-refractivity contribution in [1.29, 1.82) is 0 Å². The number of hydrogen-bond donors (Lipinski definition) is 3. The Kier molecular flexibility index (Phi) is 5.15. The van der Waals surface area contributed by atoms with Gasteiger partial charge in [0.05, 0.1) is 0 Å². The zero-order valence-corrected chi connectivity index (χ0v) is 15.2. The summed E-state index contributed by atoms with van der Waals surface area (Å²) in [5.41, 5.74) is 6.92. The maximum absolute atomic E-state index is 13.3. The van der Waals surface area contributed by atoms with Crippen LogP contribution in [0, 0.1) is 11.7 Å². The van der Waals surface area contributed by atoms with E-state index in [4.69, 9.17) is 4.42 Å². The topological polar surface area (TPSA) is 94.8 Å². The summed E-state index contributed by atoms with van der Waals surface area (Å²) in [6.45, 7) is 1.84. The molecule has 3 N–H and O–H groups in total. The van der Waals surface area contributed by atoms with Gasteiger partial charge in [0.25, 0.3) is 5.91 Å². The van der Waals surface area contributed by atoms with Crippen LogP contribution in [-0.4, -0.2) is 41.6 Å². The predicted octanol–water partition coefficient (Wildman–Crippen LogP) is 1.60. The molecule has 3 unspecified atom stereocenters. The molecule has 2 fully saturated rings. The molecule has 28 heavy (non-hydrogen) atoms. The van der Waals surface area contributed by atoms with Crippen molar-refractivity contribution in [3.63, 3.8) is 0 Å². The molecule has 8 heteroatoms. The molecule has 0 spiro atoms. The Labute approximate surface area is 161 Å². The summed E-state index contributed by atoms with van der Waals surface area (Å²) in [4.78, 5) is 26.0. The number of piperidine rings is 1. The van der Waals surface area contributed by atoms with Crippen molar-refractivity contribution >= 4 is 5.91 Å².